The van der Waals surface area contributed by atoms with Crippen LogP contribution >= 0.6 is 0 Å². The molecule has 0 amide bonds. The molecule has 0 unspecified atom stereocenters. The number of rotatable bonds is 1. The van der Waals surface area contributed by atoms with Crippen LogP contribution in [-0.2, 0) is 12.8 Å². The third-order valence-corrected chi connectivity index (χ3v) is 3.55. The molecule has 4 rings (SSSR count). The van der Waals surface area contributed by atoms with Gasteiger partial charge in [-0.1, -0.05) is 24.3 Å². The van der Waals surface area contributed by atoms with Crippen molar-refractivity contribution in [1.82, 2.24) is 14.8 Å². The van der Waals surface area contributed by atoms with Crippen molar-refractivity contribution in [3.63, 3.8) is 0 Å². The lowest BCUT2D eigenvalue weighted by molar-refractivity contribution is 1.02. The van der Waals surface area contributed by atoms with Gasteiger partial charge in [0.2, 0.25) is 0 Å². The quantitative estimate of drug-likeness (QED) is 0.632. The van der Waals surface area contributed by atoms with Crippen LogP contribution in [-0.4, -0.2) is 14.8 Å². The van der Waals surface area contributed by atoms with E-state index in [2.05, 4.69) is 40.5 Å². The van der Waals surface area contributed by atoms with E-state index in [4.69, 9.17) is 0 Å². The van der Waals surface area contributed by atoms with E-state index in [0.29, 0.717) is 0 Å². The van der Waals surface area contributed by atoms with Gasteiger partial charge in [-0.25, -0.2) is 0 Å². The number of aryl methyl sites for hydroxylation is 2. The van der Waals surface area contributed by atoms with Crippen molar-refractivity contribution in [1.29, 1.82) is 0 Å². The molecule has 0 fully saturated rings. The lowest BCUT2D eigenvalue weighted by Gasteiger charge is -2.08. The Morgan fingerprint density at radius 3 is 2.47 bits per heavy atom. The third-order valence-electron chi connectivity index (χ3n) is 3.55. The molecule has 82 valence electrons. The van der Waals surface area contributed by atoms with Gasteiger partial charge in [-0.2, -0.15) is 0 Å². The topological polar surface area (TPSA) is 30.7 Å². The monoisotopic (exact) mass is 221 g/mol. The van der Waals surface area contributed by atoms with Crippen LogP contribution in [0, 0.1) is 0 Å². The van der Waals surface area contributed by atoms with Gasteiger partial charge in [0.15, 0.2) is 0 Å². The van der Waals surface area contributed by atoms with Gasteiger partial charge >= 0.3 is 0 Å². The highest BCUT2D eigenvalue weighted by molar-refractivity contribution is 5.96. The van der Waals surface area contributed by atoms with E-state index >= 15 is 0 Å². The molecule has 0 N–H and O–H groups in total. The normalized spacial score (nSPS) is 13.4. The molecule has 3 aromatic rings. The second-order valence-corrected chi connectivity index (χ2v) is 4.45. The molecular formula is C14H11N3. The second-order valence-electron chi connectivity index (χ2n) is 4.45. The number of hydrogen-bond donors (Lipinski definition) is 0. The van der Waals surface area contributed by atoms with E-state index in [0.717, 1.165) is 18.5 Å². The maximum atomic E-state index is 3.88. The summed E-state index contributed by atoms with van der Waals surface area (Å²) in [6, 6.07) is 10.9. The first kappa shape index (κ1) is 8.93. The Kier molecular flexibility index (Phi) is 1.66. The van der Waals surface area contributed by atoms with Crippen LogP contribution in [0.1, 0.15) is 11.1 Å². The molecule has 0 saturated heterocycles. The summed E-state index contributed by atoms with van der Waals surface area (Å²) in [5.74, 6) is 0. The van der Waals surface area contributed by atoms with Crippen LogP contribution in [0.15, 0.2) is 43.0 Å². The van der Waals surface area contributed by atoms with Crippen LogP contribution in [0.4, 0.5) is 0 Å². The molecule has 3 nitrogen and oxygen atoms in total. The summed E-state index contributed by atoms with van der Waals surface area (Å²) in [6.45, 7) is 0. The van der Waals surface area contributed by atoms with E-state index in [1.165, 1.54) is 21.9 Å². The Labute approximate surface area is 98.7 Å². The second kappa shape index (κ2) is 3.17. The van der Waals surface area contributed by atoms with Crippen molar-refractivity contribution < 1.29 is 0 Å². The molecule has 1 aliphatic carbocycles. The fraction of sp³-hybridized carbons (Fsp3) is 0.143. The fourth-order valence-electron chi connectivity index (χ4n) is 2.78. The van der Waals surface area contributed by atoms with E-state index in [1.807, 2.05) is 4.57 Å². The van der Waals surface area contributed by atoms with Crippen LogP contribution in [0.25, 0.3) is 16.5 Å². The van der Waals surface area contributed by atoms with E-state index in [9.17, 15) is 0 Å². The third kappa shape index (κ3) is 1.16. The minimum Gasteiger partial charge on any atom is -0.288 e. The summed E-state index contributed by atoms with van der Waals surface area (Å²) in [7, 11) is 0. The molecule has 1 aromatic heterocycles. The highest BCUT2D eigenvalue weighted by Crippen LogP contribution is 2.33. The van der Waals surface area contributed by atoms with Crippen LogP contribution in [0.2, 0.25) is 0 Å². The van der Waals surface area contributed by atoms with Crippen molar-refractivity contribution >= 4 is 10.8 Å². The van der Waals surface area contributed by atoms with Crippen molar-refractivity contribution in [2.24, 2.45) is 0 Å². The first-order valence-corrected chi connectivity index (χ1v) is 5.82. The molecule has 0 bridgehead atoms. The van der Waals surface area contributed by atoms with Crippen LogP contribution in [0.3, 0.4) is 0 Å². The average Bonchev–Trinajstić information content (AvgIpc) is 3.00. The van der Waals surface area contributed by atoms with E-state index < -0.39 is 0 Å². The van der Waals surface area contributed by atoms with Gasteiger partial charge in [-0.15, -0.1) is 10.2 Å². The molecule has 3 heteroatoms. The van der Waals surface area contributed by atoms with Crippen molar-refractivity contribution in [3.05, 3.63) is 54.1 Å². The number of benzene rings is 2. The van der Waals surface area contributed by atoms with Crippen LogP contribution < -0.4 is 0 Å². The standard InChI is InChI=1S/C14H11N3/c1-2-10-4-5-11-6-7-13(12(3-1)14(10)11)17-8-15-16-9-17/h1-3,6-9H,4-5H2. The Balaban J connectivity index is 2.14. The maximum absolute atomic E-state index is 3.88. The van der Waals surface area contributed by atoms with Gasteiger partial charge in [-0.3, -0.25) is 4.57 Å². The Bertz CT molecular complexity index is 689. The highest BCUT2D eigenvalue weighted by atomic mass is 15.2. The number of hydrogen-bond acceptors (Lipinski definition) is 2. The number of nitrogens with zero attached hydrogens (tertiary/aromatic N) is 3. The molecule has 1 aliphatic rings. The Morgan fingerprint density at radius 2 is 1.65 bits per heavy atom. The highest BCUT2D eigenvalue weighted by Gasteiger charge is 2.16. The molecule has 1 heterocycles. The van der Waals surface area contributed by atoms with Crippen LogP contribution in [0.5, 0.6) is 0 Å². The van der Waals surface area contributed by atoms with Gasteiger partial charge in [0.05, 0.1) is 5.69 Å². The molecule has 17 heavy (non-hydrogen) atoms. The summed E-state index contributed by atoms with van der Waals surface area (Å²) < 4.78 is 1.97. The lowest BCUT2D eigenvalue weighted by atomic mass is 10.0. The van der Waals surface area contributed by atoms with E-state index in [1.54, 1.807) is 12.7 Å². The molecule has 0 aliphatic heterocycles. The van der Waals surface area contributed by atoms with Gasteiger partial charge < -0.3 is 0 Å². The summed E-state index contributed by atoms with van der Waals surface area (Å²) in [6.07, 6.45) is 5.83. The molecule has 0 saturated carbocycles. The Morgan fingerprint density at radius 1 is 0.882 bits per heavy atom. The minimum atomic E-state index is 1.16. The minimum absolute atomic E-state index is 1.16. The van der Waals surface area contributed by atoms with E-state index in [-0.39, 0.29) is 0 Å². The summed E-state index contributed by atoms with van der Waals surface area (Å²) >= 11 is 0. The molecular weight excluding hydrogens is 210 g/mol. The number of aromatic nitrogens is 3. The SMILES string of the molecule is c1cc2c3c(ccc(-n4cnnc4)c3c1)CC2. The lowest BCUT2D eigenvalue weighted by Crippen LogP contribution is -1.92. The van der Waals surface area contributed by atoms with Crippen molar-refractivity contribution in [2.45, 2.75) is 12.8 Å². The zero-order chi connectivity index (χ0) is 11.2. The van der Waals surface area contributed by atoms with Gasteiger partial charge in [0, 0.05) is 5.39 Å². The molecule has 0 atom stereocenters. The molecule has 2 aromatic carbocycles. The first-order chi connectivity index (χ1) is 8.43. The zero-order valence-electron chi connectivity index (χ0n) is 9.30. The maximum Gasteiger partial charge on any atom is 0.123 e. The fourth-order valence-corrected chi connectivity index (χ4v) is 2.78. The van der Waals surface area contributed by atoms with Crippen molar-refractivity contribution in [2.75, 3.05) is 0 Å². The summed E-state index contributed by atoms with van der Waals surface area (Å²) in [4.78, 5) is 0. The predicted molar refractivity (Wildman–Crippen MR) is 66.3 cm³/mol. The van der Waals surface area contributed by atoms with Crippen molar-refractivity contribution in [3.8, 4) is 5.69 Å². The molecule has 0 radical (unpaired) electrons. The zero-order valence-corrected chi connectivity index (χ0v) is 9.30. The summed E-state index contributed by atoms with van der Waals surface area (Å²) in [5.41, 5.74) is 4.09. The average molecular weight is 221 g/mol. The smallest absolute Gasteiger partial charge is 0.123 e. The summed E-state index contributed by atoms with van der Waals surface area (Å²) in [5, 5.41) is 10.5. The largest absolute Gasteiger partial charge is 0.288 e. The van der Waals surface area contributed by atoms with Gasteiger partial charge in [0.1, 0.15) is 12.7 Å². The van der Waals surface area contributed by atoms with Gasteiger partial charge in [-0.05, 0) is 35.4 Å². The Hall–Kier alpha value is -2.16. The predicted octanol–water partition coefficient (Wildman–Crippen LogP) is 2.52. The van der Waals surface area contributed by atoms with Gasteiger partial charge in [0.25, 0.3) is 0 Å². The molecule has 0 spiro atoms. The first-order valence-electron chi connectivity index (χ1n) is 5.82.